The van der Waals surface area contributed by atoms with E-state index in [1.165, 1.54) is 19.1 Å². The SMILES string of the molecule is C=C1COC(=O)[C@H]2C=C(C)C(=O)C=C[C@](C)(O)C[C@@H](OC(=O)C(C)C)[C@@H]12. The number of cyclic esters (lactones) is 1. The van der Waals surface area contributed by atoms with Gasteiger partial charge in [-0.3, -0.25) is 14.4 Å². The van der Waals surface area contributed by atoms with Crippen LogP contribution in [0.4, 0.5) is 0 Å². The number of esters is 2. The molecule has 0 bridgehead atoms. The predicted octanol–water partition coefficient (Wildman–Crippen LogP) is 2.13. The van der Waals surface area contributed by atoms with Gasteiger partial charge in [-0.25, -0.2) is 0 Å². The van der Waals surface area contributed by atoms with Crippen molar-refractivity contribution in [3.05, 3.63) is 36.0 Å². The first kappa shape index (κ1) is 20.1. The standard InChI is InChI=1S/C20H26O6/c1-11(2)18(22)26-16-9-20(5,24)7-6-15(21)12(3)8-14-17(16)13(4)10-25-19(14)23/h6-8,11,14,16-17,24H,4,9-10H2,1-3,5H3/t14-,16+,17-,20-/m0/s1. The van der Waals surface area contributed by atoms with E-state index in [0.29, 0.717) is 11.1 Å². The van der Waals surface area contributed by atoms with Crippen LogP contribution in [0.2, 0.25) is 0 Å². The van der Waals surface area contributed by atoms with Gasteiger partial charge < -0.3 is 14.6 Å². The van der Waals surface area contributed by atoms with Crippen LogP contribution in [0.1, 0.15) is 34.1 Å². The van der Waals surface area contributed by atoms with Crippen molar-refractivity contribution in [1.29, 1.82) is 0 Å². The molecular formula is C20H26O6. The quantitative estimate of drug-likeness (QED) is 0.598. The van der Waals surface area contributed by atoms with E-state index in [-0.39, 0.29) is 24.7 Å². The van der Waals surface area contributed by atoms with E-state index in [9.17, 15) is 19.5 Å². The highest BCUT2D eigenvalue weighted by Crippen LogP contribution is 2.37. The highest BCUT2D eigenvalue weighted by molar-refractivity contribution is 6.04. The summed E-state index contributed by atoms with van der Waals surface area (Å²) >= 11 is 0. The first-order valence-corrected chi connectivity index (χ1v) is 8.71. The van der Waals surface area contributed by atoms with Gasteiger partial charge >= 0.3 is 11.9 Å². The molecule has 0 spiro atoms. The van der Waals surface area contributed by atoms with Crippen LogP contribution >= 0.6 is 0 Å². The van der Waals surface area contributed by atoms with E-state index in [2.05, 4.69) is 6.58 Å². The molecule has 1 N–H and O–H groups in total. The minimum absolute atomic E-state index is 0.0224. The number of carbonyl (C=O) groups is 3. The van der Waals surface area contributed by atoms with Crippen molar-refractivity contribution in [3.8, 4) is 0 Å². The van der Waals surface area contributed by atoms with E-state index in [0.717, 1.165) is 0 Å². The van der Waals surface area contributed by atoms with Crippen LogP contribution in [0.5, 0.6) is 0 Å². The lowest BCUT2D eigenvalue weighted by molar-refractivity contribution is -0.166. The molecule has 0 saturated carbocycles. The van der Waals surface area contributed by atoms with Gasteiger partial charge in [0.1, 0.15) is 12.7 Å². The normalized spacial score (nSPS) is 32.6. The fourth-order valence-electron chi connectivity index (χ4n) is 3.16. The van der Waals surface area contributed by atoms with Gasteiger partial charge in [-0.1, -0.05) is 26.5 Å². The molecule has 1 aliphatic heterocycles. The Bertz CT molecular complexity index is 682. The monoisotopic (exact) mass is 362 g/mol. The molecular weight excluding hydrogens is 336 g/mol. The Hall–Kier alpha value is -2.21. The molecule has 1 saturated heterocycles. The number of allylic oxidation sites excluding steroid dienone is 2. The van der Waals surface area contributed by atoms with Crippen molar-refractivity contribution in [3.63, 3.8) is 0 Å². The Labute approximate surface area is 153 Å². The van der Waals surface area contributed by atoms with Crippen LogP contribution in [0.3, 0.4) is 0 Å². The second kappa shape index (κ2) is 7.58. The minimum Gasteiger partial charge on any atom is -0.461 e. The summed E-state index contributed by atoms with van der Waals surface area (Å²) in [6.45, 7) is 10.6. The Morgan fingerprint density at radius 2 is 2.08 bits per heavy atom. The van der Waals surface area contributed by atoms with E-state index in [4.69, 9.17) is 9.47 Å². The third kappa shape index (κ3) is 4.49. The lowest BCUT2D eigenvalue weighted by Gasteiger charge is -2.38. The van der Waals surface area contributed by atoms with Crippen LogP contribution in [-0.2, 0) is 23.9 Å². The van der Waals surface area contributed by atoms with E-state index < -0.39 is 35.5 Å². The Morgan fingerprint density at radius 3 is 2.69 bits per heavy atom. The van der Waals surface area contributed by atoms with E-state index in [1.54, 1.807) is 26.8 Å². The summed E-state index contributed by atoms with van der Waals surface area (Å²) in [6, 6.07) is 0. The number of aliphatic hydroxyl groups is 1. The summed E-state index contributed by atoms with van der Waals surface area (Å²) in [5, 5.41) is 10.7. The molecule has 0 aromatic heterocycles. The summed E-state index contributed by atoms with van der Waals surface area (Å²) in [7, 11) is 0. The zero-order valence-corrected chi connectivity index (χ0v) is 15.7. The largest absolute Gasteiger partial charge is 0.461 e. The van der Waals surface area contributed by atoms with Crippen molar-refractivity contribution in [2.24, 2.45) is 17.8 Å². The van der Waals surface area contributed by atoms with Crippen LogP contribution < -0.4 is 0 Å². The number of carbonyl (C=O) groups excluding carboxylic acids is 3. The summed E-state index contributed by atoms with van der Waals surface area (Å²) in [6.07, 6.45) is 3.48. The van der Waals surface area contributed by atoms with Crippen molar-refractivity contribution in [1.82, 2.24) is 0 Å². The van der Waals surface area contributed by atoms with Gasteiger partial charge in [-0.2, -0.15) is 0 Å². The third-order valence-corrected chi connectivity index (χ3v) is 4.70. The van der Waals surface area contributed by atoms with Crippen LogP contribution in [0, 0.1) is 17.8 Å². The Kier molecular flexibility index (Phi) is 5.86. The van der Waals surface area contributed by atoms with Gasteiger partial charge in [-0.15, -0.1) is 0 Å². The molecule has 0 aromatic rings. The number of fused-ring (bicyclic) bond motifs is 1. The summed E-state index contributed by atoms with van der Waals surface area (Å²) in [4.78, 5) is 36.8. The maximum absolute atomic E-state index is 12.4. The molecule has 142 valence electrons. The van der Waals surface area contributed by atoms with E-state index in [1.807, 2.05) is 0 Å². The average molecular weight is 362 g/mol. The van der Waals surface area contributed by atoms with Gasteiger partial charge in [0.25, 0.3) is 0 Å². The number of hydrogen-bond acceptors (Lipinski definition) is 6. The molecule has 2 rings (SSSR count). The maximum atomic E-state index is 12.4. The minimum atomic E-state index is -1.39. The second-order valence-corrected chi connectivity index (χ2v) is 7.56. The summed E-state index contributed by atoms with van der Waals surface area (Å²) < 4.78 is 10.8. The molecule has 1 fully saturated rings. The highest BCUT2D eigenvalue weighted by Gasteiger charge is 2.44. The molecule has 0 aromatic carbocycles. The second-order valence-electron chi connectivity index (χ2n) is 7.56. The summed E-state index contributed by atoms with van der Waals surface area (Å²) in [5.74, 6) is -2.94. The molecule has 0 amide bonds. The molecule has 6 nitrogen and oxygen atoms in total. The number of ether oxygens (including phenoxy) is 2. The van der Waals surface area contributed by atoms with Crippen molar-refractivity contribution in [2.75, 3.05) is 6.61 Å². The van der Waals surface area contributed by atoms with Gasteiger partial charge in [0, 0.05) is 12.3 Å². The highest BCUT2D eigenvalue weighted by atomic mass is 16.6. The number of rotatable bonds is 2. The average Bonchev–Trinajstić information content (AvgIpc) is 2.54. The topological polar surface area (TPSA) is 89.9 Å². The first-order valence-electron chi connectivity index (χ1n) is 8.71. The number of ketones is 1. The summed E-state index contributed by atoms with van der Waals surface area (Å²) in [5.41, 5.74) is -0.441. The molecule has 1 heterocycles. The van der Waals surface area contributed by atoms with Gasteiger partial charge in [0.15, 0.2) is 5.78 Å². The molecule has 1 aliphatic carbocycles. The fourth-order valence-corrected chi connectivity index (χ4v) is 3.16. The van der Waals surface area contributed by atoms with Gasteiger partial charge in [-0.05, 0) is 37.1 Å². The van der Waals surface area contributed by atoms with Crippen molar-refractivity contribution < 1.29 is 29.0 Å². The number of hydrogen-bond donors (Lipinski definition) is 1. The first-order chi connectivity index (χ1) is 12.0. The zero-order chi connectivity index (χ0) is 19.6. The molecule has 0 unspecified atom stereocenters. The Morgan fingerprint density at radius 1 is 1.42 bits per heavy atom. The maximum Gasteiger partial charge on any atom is 0.313 e. The van der Waals surface area contributed by atoms with Crippen molar-refractivity contribution >= 4 is 17.7 Å². The fraction of sp³-hybridized carbons (Fsp3) is 0.550. The zero-order valence-electron chi connectivity index (χ0n) is 15.7. The van der Waals surface area contributed by atoms with Crippen LogP contribution in [0.25, 0.3) is 0 Å². The molecule has 4 atom stereocenters. The smallest absolute Gasteiger partial charge is 0.313 e. The van der Waals surface area contributed by atoms with Crippen LogP contribution in [-0.4, -0.2) is 41.1 Å². The molecule has 2 aliphatic rings. The molecule has 0 radical (unpaired) electrons. The molecule has 6 heteroatoms. The van der Waals surface area contributed by atoms with E-state index >= 15 is 0 Å². The lowest BCUT2D eigenvalue weighted by Crippen LogP contribution is -2.45. The lowest BCUT2D eigenvalue weighted by atomic mass is 9.75. The third-order valence-electron chi connectivity index (χ3n) is 4.70. The van der Waals surface area contributed by atoms with Gasteiger partial charge in [0.05, 0.1) is 17.4 Å². The van der Waals surface area contributed by atoms with Crippen LogP contribution in [0.15, 0.2) is 36.0 Å². The predicted molar refractivity (Wildman–Crippen MR) is 94.9 cm³/mol. The molecule has 26 heavy (non-hydrogen) atoms. The van der Waals surface area contributed by atoms with Crippen molar-refractivity contribution in [2.45, 2.75) is 45.8 Å². The Balaban J connectivity index is 2.54. The van der Waals surface area contributed by atoms with Gasteiger partial charge in [0.2, 0.25) is 0 Å².